The zero-order valence-corrected chi connectivity index (χ0v) is 17.1. The van der Waals surface area contributed by atoms with Gasteiger partial charge in [0.1, 0.15) is 18.1 Å². The van der Waals surface area contributed by atoms with Crippen LogP contribution >= 0.6 is 0 Å². The highest BCUT2D eigenvalue weighted by molar-refractivity contribution is 6.05. The van der Waals surface area contributed by atoms with E-state index in [-0.39, 0.29) is 11.3 Å². The van der Waals surface area contributed by atoms with Gasteiger partial charge in [0.2, 0.25) is 0 Å². The van der Waals surface area contributed by atoms with Crippen LogP contribution in [0.2, 0.25) is 0 Å². The first-order valence-corrected chi connectivity index (χ1v) is 9.37. The van der Waals surface area contributed by atoms with E-state index in [4.69, 9.17) is 14.2 Å². The van der Waals surface area contributed by atoms with Gasteiger partial charge < -0.3 is 19.1 Å². The Hall–Kier alpha value is -3.81. The maximum atomic E-state index is 12.6. The fraction of sp³-hybridized carbons (Fsp3) is 0.227. The predicted molar refractivity (Wildman–Crippen MR) is 110 cm³/mol. The number of benzene rings is 1. The minimum absolute atomic E-state index is 0.0317. The molecule has 0 amide bonds. The molecular formula is C22H23N3O5. The third-order valence-electron chi connectivity index (χ3n) is 4.42. The van der Waals surface area contributed by atoms with E-state index in [1.807, 2.05) is 29.9 Å². The van der Waals surface area contributed by atoms with E-state index >= 15 is 0 Å². The number of methoxy groups -OCH3 is 2. The minimum atomic E-state index is -0.675. The van der Waals surface area contributed by atoms with Gasteiger partial charge in [-0.15, -0.1) is 0 Å². The number of hydrogen-bond donors (Lipinski definition) is 0. The van der Waals surface area contributed by atoms with Crippen LogP contribution in [0.25, 0.3) is 0 Å². The first-order valence-electron chi connectivity index (χ1n) is 9.37. The van der Waals surface area contributed by atoms with E-state index < -0.39 is 11.9 Å². The van der Waals surface area contributed by atoms with Crippen molar-refractivity contribution in [3.8, 4) is 5.75 Å². The molecule has 0 N–H and O–H groups in total. The maximum absolute atomic E-state index is 12.6. The number of hydrogen-bond acceptors (Lipinski definition) is 7. The van der Waals surface area contributed by atoms with Crippen LogP contribution in [0.1, 0.15) is 12.5 Å². The number of allylic oxidation sites excluding steroid dienone is 2. The summed E-state index contributed by atoms with van der Waals surface area (Å²) in [6.45, 7) is 3.08. The molecule has 0 bridgehead atoms. The fourth-order valence-corrected chi connectivity index (χ4v) is 2.94. The van der Waals surface area contributed by atoms with Crippen LogP contribution in [-0.2, 0) is 32.2 Å². The SMILES string of the molecule is CCn1cc(COc2ccccc2N2C=CC=CC(C(=O)OC)=C2C(=O)OC)cn1. The highest BCUT2D eigenvalue weighted by atomic mass is 16.5. The second-order valence-electron chi connectivity index (χ2n) is 6.28. The smallest absolute Gasteiger partial charge is 0.355 e. The van der Waals surface area contributed by atoms with Crippen molar-refractivity contribution < 1.29 is 23.8 Å². The maximum Gasteiger partial charge on any atom is 0.355 e. The average Bonchev–Trinajstić information content (AvgIpc) is 3.14. The zero-order chi connectivity index (χ0) is 21.5. The quantitative estimate of drug-likeness (QED) is 0.650. The molecule has 8 heteroatoms. The van der Waals surface area contributed by atoms with Gasteiger partial charge in [0.15, 0.2) is 0 Å². The van der Waals surface area contributed by atoms with Crippen LogP contribution in [0.5, 0.6) is 5.75 Å². The summed E-state index contributed by atoms with van der Waals surface area (Å²) in [4.78, 5) is 26.5. The standard InChI is InChI=1S/C22H23N3O5/c1-4-24-14-16(13-23-24)15-30-19-11-6-5-10-18(19)25-12-8-7-9-17(21(26)28-2)20(25)22(27)29-3/h5-14H,4,15H2,1-3H3. The third-order valence-corrected chi connectivity index (χ3v) is 4.42. The molecular weight excluding hydrogens is 386 g/mol. The number of rotatable bonds is 7. The molecule has 30 heavy (non-hydrogen) atoms. The van der Waals surface area contributed by atoms with Crippen LogP contribution in [0, 0.1) is 0 Å². The van der Waals surface area contributed by atoms with Crippen molar-refractivity contribution in [2.24, 2.45) is 0 Å². The number of carbonyl (C=O) groups is 2. The molecule has 2 aromatic rings. The number of carbonyl (C=O) groups excluding carboxylic acids is 2. The number of aryl methyl sites for hydroxylation is 1. The lowest BCUT2D eigenvalue weighted by atomic mass is 10.1. The number of esters is 2. The topological polar surface area (TPSA) is 82.9 Å². The van der Waals surface area contributed by atoms with Crippen LogP contribution in [-0.4, -0.2) is 35.9 Å². The Morgan fingerprint density at radius 2 is 1.83 bits per heavy atom. The van der Waals surface area contributed by atoms with Crippen molar-refractivity contribution in [2.45, 2.75) is 20.1 Å². The Balaban J connectivity index is 2.00. The van der Waals surface area contributed by atoms with E-state index in [0.717, 1.165) is 12.1 Å². The van der Waals surface area contributed by atoms with Gasteiger partial charge in [0.25, 0.3) is 0 Å². The average molecular weight is 409 g/mol. The summed E-state index contributed by atoms with van der Waals surface area (Å²) in [5.41, 5.74) is 1.60. The number of nitrogens with zero attached hydrogens (tertiary/aromatic N) is 3. The number of para-hydroxylation sites is 2. The van der Waals surface area contributed by atoms with E-state index in [2.05, 4.69) is 5.10 Å². The largest absolute Gasteiger partial charge is 0.487 e. The molecule has 0 atom stereocenters. The summed E-state index contributed by atoms with van der Waals surface area (Å²) < 4.78 is 17.6. The molecule has 1 aromatic heterocycles. The molecule has 0 unspecified atom stereocenters. The molecule has 1 aromatic carbocycles. The number of ether oxygens (including phenoxy) is 3. The normalized spacial score (nSPS) is 13.2. The third kappa shape index (κ3) is 4.43. The summed E-state index contributed by atoms with van der Waals surface area (Å²) >= 11 is 0. The molecule has 2 heterocycles. The van der Waals surface area contributed by atoms with Gasteiger partial charge in [0, 0.05) is 24.5 Å². The summed E-state index contributed by atoms with van der Waals surface area (Å²) in [7, 11) is 2.52. The van der Waals surface area contributed by atoms with E-state index in [0.29, 0.717) is 18.0 Å². The van der Waals surface area contributed by atoms with Gasteiger partial charge in [-0.05, 0) is 31.2 Å². The van der Waals surface area contributed by atoms with Gasteiger partial charge in [-0.25, -0.2) is 9.59 Å². The second kappa shape index (κ2) is 9.60. The van der Waals surface area contributed by atoms with Crippen molar-refractivity contribution in [3.05, 3.63) is 77.9 Å². The molecule has 0 saturated heterocycles. The van der Waals surface area contributed by atoms with E-state index in [1.165, 1.54) is 20.3 Å². The van der Waals surface area contributed by atoms with Crippen LogP contribution in [0.3, 0.4) is 0 Å². The zero-order valence-electron chi connectivity index (χ0n) is 17.1. The number of anilines is 1. The molecule has 1 aliphatic heterocycles. The lowest BCUT2D eigenvalue weighted by molar-refractivity contribution is -0.139. The predicted octanol–water partition coefficient (Wildman–Crippen LogP) is 2.97. The molecule has 0 fully saturated rings. The lowest BCUT2D eigenvalue weighted by Gasteiger charge is -2.25. The molecule has 156 valence electrons. The van der Waals surface area contributed by atoms with Crippen LogP contribution in [0.15, 0.2) is 72.4 Å². The van der Waals surface area contributed by atoms with E-state index in [9.17, 15) is 9.59 Å². The van der Waals surface area contributed by atoms with Crippen LogP contribution in [0.4, 0.5) is 5.69 Å². The van der Waals surface area contributed by atoms with Gasteiger partial charge in [-0.1, -0.05) is 18.2 Å². The first kappa shape index (κ1) is 20.9. The van der Waals surface area contributed by atoms with Crippen molar-refractivity contribution in [2.75, 3.05) is 19.1 Å². The van der Waals surface area contributed by atoms with Crippen molar-refractivity contribution in [1.82, 2.24) is 9.78 Å². The molecule has 0 saturated carbocycles. The second-order valence-corrected chi connectivity index (χ2v) is 6.28. The monoisotopic (exact) mass is 409 g/mol. The summed E-state index contributed by atoms with van der Waals surface area (Å²) in [5, 5.41) is 4.24. The summed E-state index contributed by atoms with van der Waals surface area (Å²) in [5.74, 6) is -0.796. The van der Waals surface area contributed by atoms with Crippen LogP contribution < -0.4 is 9.64 Å². The van der Waals surface area contributed by atoms with Crippen molar-refractivity contribution in [1.29, 1.82) is 0 Å². The lowest BCUT2D eigenvalue weighted by Crippen LogP contribution is -2.27. The highest BCUT2D eigenvalue weighted by Gasteiger charge is 2.28. The molecule has 0 aliphatic carbocycles. The molecule has 0 radical (unpaired) electrons. The number of aromatic nitrogens is 2. The highest BCUT2D eigenvalue weighted by Crippen LogP contribution is 2.34. The van der Waals surface area contributed by atoms with Gasteiger partial charge in [0.05, 0.1) is 31.7 Å². The molecule has 3 rings (SSSR count). The fourth-order valence-electron chi connectivity index (χ4n) is 2.94. The van der Waals surface area contributed by atoms with E-state index in [1.54, 1.807) is 41.6 Å². The Morgan fingerprint density at radius 1 is 1.07 bits per heavy atom. The molecule has 8 nitrogen and oxygen atoms in total. The van der Waals surface area contributed by atoms with Gasteiger partial charge in [-0.3, -0.25) is 4.68 Å². The van der Waals surface area contributed by atoms with Gasteiger partial charge >= 0.3 is 11.9 Å². The van der Waals surface area contributed by atoms with Crippen molar-refractivity contribution in [3.63, 3.8) is 0 Å². The minimum Gasteiger partial charge on any atom is -0.487 e. The Morgan fingerprint density at radius 3 is 2.53 bits per heavy atom. The molecule has 1 aliphatic rings. The van der Waals surface area contributed by atoms with Crippen molar-refractivity contribution >= 4 is 17.6 Å². The Labute approximate surface area is 174 Å². The Kier molecular flexibility index (Phi) is 6.69. The summed E-state index contributed by atoms with van der Waals surface area (Å²) in [6.07, 6.45) is 10.2. The first-order chi connectivity index (χ1) is 14.6. The Bertz CT molecular complexity index is 1020. The molecule has 0 spiro atoms. The summed E-state index contributed by atoms with van der Waals surface area (Å²) in [6, 6.07) is 7.23. The van der Waals surface area contributed by atoms with Gasteiger partial charge in [-0.2, -0.15) is 5.10 Å².